The number of carboxylic acid groups (broad SMARTS) is 1. The molecule has 2 aromatic heterocycles. The SMILES string of the molecule is COc1ccc([C@@H]2[NH2+][C@@H](C(=O)[O-])Cc3c2[nH]c2ccccc32)cc1CSc1nnc(-c2ccccc2)o1. The summed E-state index contributed by atoms with van der Waals surface area (Å²) in [5, 5.41) is 23.7. The molecule has 3 aromatic carbocycles. The van der Waals surface area contributed by atoms with E-state index in [1.54, 1.807) is 7.11 Å². The number of methoxy groups -OCH3 is 1. The number of carbonyl (C=O) groups is 1. The Balaban J connectivity index is 1.31. The van der Waals surface area contributed by atoms with E-state index in [1.165, 1.54) is 11.8 Å². The van der Waals surface area contributed by atoms with Crippen LogP contribution in [0.5, 0.6) is 5.75 Å². The first-order valence-electron chi connectivity index (χ1n) is 11.9. The van der Waals surface area contributed by atoms with Gasteiger partial charge in [0, 0.05) is 39.8 Å². The fourth-order valence-electron chi connectivity index (χ4n) is 4.97. The van der Waals surface area contributed by atoms with Crippen LogP contribution in [0.3, 0.4) is 0 Å². The van der Waals surface area contributed by atoms with Gasteiger partial charge in [0.25, 0.3) is 5.22 Å². The molecule has 1 aliphatic rings. The molecule has 3 N–H and O–H groups in total. The number of aliphatic carboxylic acids is 1. The summed E-state index contributed by atoms with van der Waals surface area (Å²) in [5.41, 5.74) is 5.85. The van der Waals surface area contributed by atoms with Crippen LogP contribution in [0, 0.1) is 0 Å². The van der Waals surface area contributed by atoms with Gasteiger partial charge in [-0.05, 0) is 42.0 Å². The van der Waals surface area contributed by atoms with Crippen molar-refractivity contribution >= 4 is 28.6 Å². The number of aromatic amines is 1. The molecule has 0 saturated carbocycles. The maximum Gasteiger partial charge on any atom is 0.277 e. The molecule has 0 bridgehead atoms. The zero-order valence-electron chi connectivity index (χ0n) is 20.0. The number of H-pyrrole nitrogens is 1. The molecule has 186 valence electrons. The Morgan fingerprint density at radius 1 is 1.14 bits per heavy atom. The molecule has 0 amide bonds. The first kappa shape index (κ1) is 23.3. The van der Waals surface area contributed by atoms with Crippen LogP contribution in [0.4, 0.5) is 0 Å². The minimum Gasteiger partial charge on any atom is -0.544 e. The topological polar surface area (TPSA) is 121 Å². The van der Waals surface area contributed by atoms with Gasteiger partial charge >= 0.3 is 0 Å². The monoisotopic (exact) mass is 512 g/mol. The van der Waals surface area contributed by atoms with E-state index in [-0.39, 0.29) is 6.04 Å². The normalized spacial score (nSPS) is 17.0. The van der Waals surface area contributed by atoms with Crippen molar-refractivity contribution in [2.45, 2.75) is 29.5 Å². The van der Waals surface area contributed by atoms with Crippen molar-refractivity contribution < 1.29 is 24.4 Å². The van der Waals surface area contributed by atoms with Crippen LogP contribution in [-0.4, -0.2) is 34.3 Å². The summed E-state index contributed by atoms with van der Waals surface area (Å²) in [5.74, 6) is 0.697. The van der Waals surface area contributed by atoms with E-state index in [0.717, 1.165) is 44.6 Å². The first-order chi connectivity index (χ1) is 18.1. The van der Waals surface area contributed by atoms with Crippen molar-refractivity contribution in [3.63, 3.8) is 0 Å². The number of hydrogen-bond acceptors (Lipinski definition) is 7. The number of thioether (sulfide) groups is 1. The summed E-state index contributed by atoms with van der Waals surface area (Å²) in [4.78, 5) is 15.5. The van der Waals surface area contributed by atoms with Crippen molar-refractivity contribution in [2.24, 2.45) is 0 Å². The van der Waals surface area contributed by atoms with Gasteiger partial charge in [0.05, 0.1) is 18.8 Å². The summed E-state index contributed by atoms with van der Waals surface area (Å²) in [6.45, 7) is 0. The number of nitrogens with two attached hydrogens (primary N) is 1. The molecule has 9 heteroatoms. The summed E-state index contributed by atoms with van der Waals surface area (Å²) in [7, 11) is 1.64. The molecule has 0 fully saturated rings. The zero-order valence-corrected chi connectivity index (χ0v) is 20.8. The average Bonchev–Trinajstić information content (AvgIpc) is 3.56. The Bertz CT molecular complexity index is 1580. The lowest BCUT2D eigenvalue weighted by molar-refractivity contribution is -0.717. The maximum absolute atomic E-state index is 11.9. The van der Waals surface area contributed by atoms with E-state index in [2.05, 4.69) is 21.2 Å². The van der Waals surface area contributed by atoms with Gasteiger partial charge in [-0.15, -0.1) is 10.2 Å². The molecule has 6 rings (SSSR count). The molecule has 0 unspecified atom stereocenters. The molecule has 0 spiro atoms. The van der Waals surface area contributed by atoms with E-state index < -0.39 is 12.0 Å². The van der Waals surface area contributed by atoms with E-state index in [4.69, 9.17) is 9.15 Å². The van der Waals surface area contributed by atoms with Gasteiger partial charge in [0.2, 0.25) is 5.89 Å². The van der Waals surface area contributed by atoms with Crippen LogP contribution in [-0.2, 0) is 17.0 Å². The number of rotatable bonds is 7. The van der Waals surface area contributed by atoms with Gasteiger partial charge in [-0.2, -0.15) is 0 Å². The number of para-hydroxylation sites is 1. The number of nitrogens with one attached hydrogen (secondary N) is 1. The summed E-state index contributed by atoms with van der Waals surface area (Å²) in [6, 6.07) is 22.7. The summed E-state index contributed by atoms with van der Waals surface area (Å²) in [6.07, 6.45) is 0.415. The molecule has 0 radical (unpaired) electrons. The summed E-state index contributed by atoms with van der Waals surface area (Å²) >= 11 is 1.43. The number of carboxylic acids is 1. The number of hydrogen-bond donors (Lipinski definition) is 2. The Morgan fingerprint density at radius 3 is 2.76 bits per heavy atom. The lowest BCUT2D eigenvalue weighted by Crippen LogP contribution is -2.95. The number of fused-ring (bicyclic) bond motifs is 3. The zero-order chi connectivity index (χ0) is 25.4. The highest BCUT2D eigenvalue weighted by Gasteiger charge is 2.35. The Hall–Kier alpha value is -4.08. The second-order valence-corrected chi connectivity index (χ2v) is 9.89. The maximum atomic E-state index is 11.9. The van der Waals surface area contributed by atoms with Gasteiger partial charge in [0.1, 0.15) is 11.8 Å². The minimum atomic E-state index is -1.06. The number of carbonyl (C=O) groups excluding carboxylic acids is 1. The van der Waals surface area contributed by atoms with Crippen LogP contribution in [0.15, 0.2) is 82.4 Å². The Labute approximate surface area is 217 Å². The Morgan fingerprint density at radius 2 is 1.95 bits per heavy atom. The highest BCUT2D eigenvalue weighted by molar-refractivity contribution is 7.98. The predicted octanol–water partition coefficient (Wildman–Crippen LogP) is 2.85. The largest absolute Gasteiger partial charge is 0.544 e. The third kappa shape index (κ3) is 4.47. The van der Waals surface area contributed by atoms with Crippen molar-refractivity contribution in [2.75, 3.05) is 7.11 Å². The molecule has 5 aromatic rings. The van der Waals surface area contributed by atoms with Crippen molar-refractivity contribution in [1.82, 2.24) is 15.2 Å². The number of quaternary nitrogens is 1. The number of ether oxygens (including phenoxy) is 1. The number of nitrogens with zero attached hydrogens (tertiary/aromatic N) is 2. The number of aromatic nitrogens is 3. The third-order valence-corrected chi connectivity index (χ3v) is 7.62. The second kappa shape index (κ2) is 9.76. The molecule has 37 heavy (non-hydrogen) atoms. The lowest BCUT2D eigenvalue weighted by Gasteiger charge is -2.29. The molecule has 2 atom stereocenters. The van der Waals surface area contributed by atoms with Crippen LogP contribution >= 0.6 is 11.8 Å². The Kier molecular flexibility index (Phi) is 6.15. The van der Waals surface area contributed by atoms with E-state index >= 15 is 0 Å². The van der Waals surface area contributed by atoms with Gasteiger partial charge in [-0.25, -0.2) is 0 Å². The molecule has 0 aliphatic carbocycles. The molecule has 1 aliphatic heterocycles. The lowest BCUT2D eigenvalue weighted by atomic mass is 9.90. The van der Waals surface area contributed by atoms with E-state index in [1.807, 2.05) is 72.0 Å². The quantitative estimate of drug-likeness (QED) is 0.322. The third-order valence-electron chi connectivity index (χ3n) is 6.75. The van der Waals surface area contributed by atoms with Crippen molar-refractivity contribution in [3.8, 4) is 17.2 Å². The van der Waals surface area contributed by atoms with Crippen LogP contribution in [0.1, 0.15) is 28.4 Å². The standard InChI is InChI=1S/C28H24N4O4S/c1-35-23-12-11-17(13-18(23)15-37-28-32-31-26(36-28)16-7-3-2-4-8-16)24-25-20(14-22(30-24)27(33)34)19-9-5-6-10-21(19)29-25/h2-13,22,24,29-30H,14-15H2,1H3,(H,33,34)/t22-,24+/m1/s1. The molecule has 0 saturated heterocycles. The van der Waals surface area contributed by atoms with Gasteiger partial charge in [-0.1, -0.05) is 48.2 Å². The van der Waals surface area contributed by atoms with Gasteiger partial charge in [0.15, 0.2) is 6.04 Å². The molecular formula is C28H24N4O4S. The fourth-order valence-corrected chi connectivity index (χ4v) is 5.71. The van der Waals surface area contributed by atoms with E-state index in [0.29, 0.717) is 23.3 Å². The van der Waals surface area contributed by atoms with Crippen molar-refractivity contribution in [3.05, 3.63) is 95.2 Å². The van der Waals surface area contributed by atoms with Crippen LogP contribution in [0.25, 0.3) is 22.4 Å². The number of benzene rings is 3. The van der Waals surface area contributed by atoms with Crippen LogP contribution < -0.4 is 15.2 Å². The fraction of sp³-hybridized carbons (Fsp3) is 0.179. The van der Waals surface area contributed by atoms with Gasteiger partial charge in [-0.3, -0.25) is 0 Å². The first-order valence-corrected chi connectivity index (χ1v) is 12.9. The molecule has 8 nitrogen and oxygen atoms in total. The van der Waals surface area contributed by atoms with E-state index in [9.17, 15) is 9.90 Å². The predicted molar refractivity (Wildman–Crippen MR) is 137 cm³/mol. The van der Waals surface area contributed by atoms with Crippen LogP contribution in [0.2, 0.25) is 0 Å². The summed E-state index contributed by atoms with van der Waals surface area (Å²) < 4.78 is 11.5. The van der Waals surface area contributed by atoms with Crippen molar-refractivity contribution in [1.29, 1.82) is 0 Å². The molecular weight excluding hydrogens is 488 g/mol. The second-order valence-electron chi connectivity index (χ2n) is 8.96. The smallest absolute Gasteiger partial charge is 0.277 e. The highest BCUT2D eigenvalue weighted by atomic mass is 32.2. The molecule has 3 heterocycles. The average molecular weight is 513 g/mol. The van der Waals surface area contributed by atoms with Gasteiger partial charge < -0.3 is 29.4 Å². The minimum absolute atomic E-state index is 0.221. The highest BCUT2D eigenvalue weighted by Crippen LogP contribution is 2.35.